The van der Waals surface area contributed by atoms with Gasteiger partial charge in [-0.1, -0.05) is 0 Å². The van der Waals surface area contributed by atoms with Gasteiger partial charge in [-0.25, -0.2) is 0 Å². The Morgan fingerprint density at radius 3 is 2.83 bits per heavy atom. The number of hydrogen-bond donors (Lipinski definition) is 2. The Balaban J connectivity index is 2.29. The third-order valence-electron chi connectivity index (χ3n) is 4.03. The van der Waals surface area contributed by atoms with Crippen LogP contribution in [0.15, 0.2) is 4.99 Å². The zero-order valence-electron chi connectivity index (χ0n) is 15.3. The molecule has 0 aromatic heterocycles. The largest absolute Gasteiger partial charge is 0.383 e. The lowest BCUT2D eigenvalue weighted by Crippen LogP contribution is -2.45. The summed E-state index contributed by atoms with van der Waals surface area (Å²) >= 11 is 0. The van der Waals surface area contributed by atoms with Gasteiger partial charge in [0.1, 0.15) is 0 Å². The van der Waals surface area contributed by atoms with Crippen LogP contribution in [0.1, 0.15) is 26.2 Å². The number of hydrogen-bond acceptors (Lipinski definition) is 4. The molecule has 0 saturated carbocycles. The van der Waals surface area contributed by atoms with E-state index < -0.39 is 0 Å². The minimum absolute atomic E-state index is 0.0594. The van der Waals surface area contributed by atoms with Crippen LogP contribution in [0.4, 0.5) is 0 Å². The molecule has 0 aromatic carbocycles. The van der Waals surface area contributed by atoms with E-state index in [1.807, 2.05) is 14.1 Å². The van der Waals surface area contributed by atoms with Crippen LogP contribution in [0.3, 0.4) is 0 Å². The SMILES string of the molecule is CN=C(NCCCN1CCCC1C(=O)N(C)C)NC(C)COC. The second kappa shape index (κ2) is 10.4. The first kappa shape index (κ1) is 19.7. The summed E-state index contributed by atoms with van der Waals surface area (Å²) in [5.41, 5.74) is 0. The summed E-state index contributed by atoms with van der Waals surface area (Å²) in [4.78, 5) is 20.4. The number of methoxy groups -OCH3 is 1. The van der Waals surface area contributed by atoms with Crippen molar-refractivity contribution in [2.75, 3.05) is 54.5 Å². The molecule has 1 heterocycles. The van der Waals surface area contributed by atoms with E-state index in [2.05, 4.69) is 27.4 Å². The van der Waals surface area contributed by atoms with E-state index in [-0.39, 0.29) is 18.0 Å². The molecular weight excluding hydrogens is 294 g/mol. The van der Waals surface area contributed by atoms with Crippen LogP contribution in [0.25, 0.3) is 0 Å². The highest BCUT2D eigenvalue weighted by Crippen LogP contribution is 2.18. The van der Waals surface area contributed by atoms with E-state index in [1.54, 1.807) is 19.1 Å². The first-order chi connectivity index (χ1) is 11.0. The fraction of sp³-hybridized carbons (Fsp3) is 0.875. The number of nitrogens with one attached hydrogen (secondary N) is 2. The van der Waals surface area contributed by atoms with Crippen molar-refractivity contribution in [1.82, 2.24) is 20.4 Å². The molecule has 7 nitrogen and oxygen atoms in total. The molecule has 2 unspecified atom stereocenters. The summed E-state index contributed by atoms with van der Waals surface area (Å²) in [6.45, 7) is 5.48. The summed E-state index contributed by atoms with van der Waals surface area (Å²) in [6.07, 6.45) is 3.06. The number of carbonyl (C=O) groups excluding carboxylic acids is 1. The number of likely N-dealkylation sites (tertiary alicyclic amines) is 1. The molecule has 1 saturated heterocycles. The summed E-state index contributed by atoms with van der Waals surface area (Å²) in [7, 11) is 7.12. The number of amides is 1. The summed E-state index contributed by atoms with van der Waals surface area (Å²) in [6, 6.07) is 0.274. The van der Waals surface area contributed by atoms with Gasteiger partial charge in [-0.15, -0.1) is 0 Å². The third kappa shape index (κ3) is 6.74. The molecule has 0 spiro atoms. The fourth-order valence-electron chi connectivity index (χ4n) is 2.88. The van der Waals surface area contributed by atoms with Crippen LogP contribution in [0, 0.1) is 0 Å². The quantitative estimate of drug-likeness (QED) is 0.377. The Hall–Kier alpha value is -1.34. The molecule has 23 heavy (non-hydrogen) atoms. The number of likely N-dealkylation sites (N-methyl/N-ethyl adjacent to an activating group) is 1. The Bertz CT molecular complexity index is 387. The highest BCUT2D eigenvalue weighted by atomic mass is 16.5. The molecular formula is C16H33N5O2. The lowest BCUT2D eigenvalue weighted by Gasteiger charge is -2.26. The van der Waals surface area contributed by atoms with Crippen molar-refractivity contribution < 1.29 is 9.53 Å². The van der Waals surface area contributed by atoms with Gasteiger partial charge >= 0.3 is 0 Å². The maximum Gasteiger partial charge on any atom is 0.239 e. The standard InChI is InChI=1S/C16H33N5O2/c1-13(12-23-5)19-16(17-2)18-9-7-11-21-10-6-8-14(21)15(22)20(3)4/h13-14H,6-12H2,1-5H3,(H2,17,18,19). The van der Waals surface area contributed by atoms with Crippen LogP contribution >= 0.6 is 0 Å². The lowest BCUT2D eigenvalue weighted by molar-refractivity contribution is -0.133. The summed E-state index contributed by atoms with van der Waals surface area (Å²) in [5, 5.41) is 6.59. The number of rotatable bonds is 8. The predicted octanol–water partition coefficient (Wildman–Crippen LogP) is 0.129. The minimum Gasteiger partial charge on any atom is -0.383 e. The Labute approximate surface area is 140 Å². The molecule has 0 bridgehead atoms. The van der Waals surface area contributed by atoms with Crippen molar-refractivity contribution in [2.24, 2.45) is 4.99 Å². The van der Waals surface area contributed by atoms with Crippen molar-refractivity contribution in [3.63, 3.8) is 0 Å². The summed E-state index contributed by atoms with van der Waals surface area (Å²) in [5.74, 6) is 1.01. The van der Waals surface area contributed by atoms with Crippen molar-refractivity contribution in [2.45, 2.75) is 38.3 Å². The van der Waals surface area contributed by atoms with Gasteiger partial charge in [-0.2, -0.15) is 0 Å². The Morgan fingerprint density at radius 1 is 1.48 bits per heavy atom. The van der Waals surface area contributed by atoms with Gasteiger partial charge < -0.3 is 20.3 Å². The zero-order valence-corrected chi connectivity index (χ0v) is 15.3. The first-order valence-electron chi connectivity index (χ1n) is 8.41. The van der Waals surface area contributed by atoms with Gasteiger partial charge in [0.25, 0.3) is 0 Å². The Kier molecular flexibility index (Phi) is 8.94. The van der Waals surface area contributed by atoms with Crippen LogP contribution in [0.2, 0.25) is 0 Å². The van der Waals surface area contributed by atoms with Crippen molar-refractivity contribution in [3.8, 4) is 0 Å². The molecule has 1 aliphatic rings. The first-order valence-corrected chi connectivity index (χ1v) is 8.41. The van der Waals surface area contributed by atoms with E-state index in [0.717, 1.165) is 44.9 Å². The normalized spacial score (nSPS) is 20.4. The highest BCUT2D eigenvalue weighted by molar-refractivity contribution is 5.81. The van der Waals surface area contributed by atoms with Crippen LogP contribution in [-0.2, 0) is 9.53 Å². The number of carbonyl (C=O) groups is 1. The van der Waals surface area contributed by atoms with Gasteiger partial charge in [-0.3, -0.25) is 14.7 Å². The maximum absolute atomic E-state index is 12.2. The van der Waals surface area contributed by atoms with Gasteiger partial charge in [0, 0.05) is 47.4 Å². The molecule has 134 valence electrons. The monoisotopic (exact) mass is 327 g/mol. The average Bonchev–Trinajstić information content (AvgIpc) is 2.97. The van der Waals surface area contributed by atoms with Crippen molar-refractivity contribution >= 4 is 11.9 Å². The van der Waals surface area contributed by atoms with Crippen LogP contribution < -0.4 is 10.6 Å². The lowest BCUT2D eigenvalue weighted by atomic mass is 10.2. The van der Waals surface area contributed by atoms with Gasteiger partial charge in [-0.05, 0) is 32.7 Å². The molecule has 7 heteroatoms. The predicted molar refractivity (Wildman–Crippen MR) is 93.7 cm³/mol. The molecule has 0 radical (unpaired) electrons. The second-order valence-corrected chi connectivity index (χ2v) is 6.28. The van der Waals surface area contributed by atoms with E-state index in [0.29, 0.717) is 6.61 Å². The molecule has 1 aliphatic heterocycles. The van der Waals surface area contributed by atoms with E-state index in [4.69, 9.17) is 4.74 Å². The van der Waals surface area contributed by atoms with Crippen molar-refractivity contribution in [3.05, 3.63) is 0 Å². The molecule has 0 aromatic rings. The highest BCUT2D eigenvalue weighted by Gasteiger charge is 2.30. The van der Waals surface area contributed by atoms with E-state index in [1.165, 1.54) is 0 Å². The van der Waals surface area contributed by atoms with Crippen LogP contribution in [0.5, 0.6) is 0 Å². The van der Waals surface area contributed by atoms with Gasteiger partial charge in [0.05, 0.1) is 12.6 Å². The topological polar surface area (TPSA) is 69.2 Å². The van der Waals surface area contributed by atoms with Crippen molar-refractivity contribution in [1.29, 1.82) is 0 Å². The second-order valence-electron chi connectivity index (χ2n) is 6.28. The summed E-state index contributed by atoms with van der Waals surface area (Å²) < 4.78 is 5.11. The van der Waals surface area contributed by atoms with Gasteiger partial charge in [0.2, 0.25) is 5.91 Å². The third-order valence-corrected chi connectivity index (χ3v) is 4.03. The minimum atomic E-state index is 0.0594. The smallest absolute Gasteiger partial charge is 0.239 e. The average molecular weight is 327 g/mol. The van der Waals surface area contributed by atoms with E-state index in [9.17, 15) is 4.79 Å². The van der Waals surface area contributed by atoms with Crippen LogP contribution in [-0.4, -0.2) is 88.2 Å². The maximum atomic E-state index is 12.2. The number of guanidine groups is 1. The Morgan fingerprint density at radius 2 is 2.22 bits per heavy atom. The number of aliphatic imine (C=N–C) groups is 1. The molecule has 2 atom stereocenters. The molecule has 2 N–H and O–H groups in total. The molecule has 1 amide bonds. The fourth-order valence-corrected chi connectivity index (χ4v) is 2.88. The number of nitrogens with zero attached hydrogens (tertiary/aromatic N) is 3. The molecule has 1 fully saturated rings. The molecule has 1 rings (SSSR count). The van der Waals surface area contributed by atoms with Gasteiger partial charge in [0.15, 0.2) is 5.96 Å². The number of ether oxygens (including phenoxy) is 1. The molecule has 0 aliphatic carbocycles. The van der Waals surface area contributed by atoms with E-state index >= 15 is 0 Å². The zero-order chi connectivity index (χ0) is 17.2.